The van der Waals surface area contributed by atoms with Crippen molar-refractivity contribution in [2.24, 2.45) is 0 Å². The second-order valence-corrected chi connectivity index (χ2v) is 8.25. The molecule has 1 aromatic carbocycles. The number of nitrogens with one attached hydrogen (secondary N) is 1. The molecule has 8 nitrogen and oxygen atoms in total. The highest BCUT2D eigenvalue weighted by Crippen LogP contribution is 2.33. The van der Waals surface area contributed by atoms with Gasteiger partial charge in [0.1, 0.15) is 6.04 Å². The molecule has 1 fully saturated rings. The lowest BCUT2D eigenvalue weighted by molar-refractivity contribution is -0.124. The lowest BCUT2D eigenvalue weighted by atomic mass is 10.2. The van der Waals surface area contributed by atoms with Crippen molar-refractivity contribution in [3.63, 3.8) is 0 Å². The van der Waals surface area contributed by atoms with E-state index in [0.29, 0.717) is 37.4 Å². The zero-order valence-corrected chi connectivity index (χ0v) is 16.6. The summed E-state index contributed by atoms with van der Waals surface area (Å²) in [6.07, 6.45) is 4.39. The van der Waals surface area contributed by atoms with Crippen molar-refractivity contribution in [2.75, 3.05) is 20.8 Å². The van der Waals surface area contributed by atoms with E-state index in [1.54, 1.807) is 30.6 Å². The van der Waals surface area contributed by atoms with Crippen LogP contribution in [0.15, 0.2) is 47.6 Å². The molecule has 9 heteroatoms. The summed E-state index contributed by atoms with van der Waals surface area (Å²) in [5.41, 5.74) is 0.899. The first-order valence-corrected chi connectivity index (χ1v) is 10.3. The van der Waals surface area contributed by atoms with Crippen LogP contribution in [0.5, 0.6) is 11.5 Å². The van der Waals surface area contributed by atoms with E-state index in [4.69, 9.17) is 9.47 Å². The standard InChI is InChI=1S/C19H23N3O5S/c1-26-17-6-5-15(12-18(17)27-2)28(24,25)22-11-3-4-16(22)19(23)21-13-14-7-9-20-10-8-14/h5-10,12,16H,3-4,11,13H2,1-2H3,(H,21,23). The molecule has 1 unspecified atom stereocenters. The van der Waals surface area contributed by atoms with Gasteiger partial charge in [-0.15, -0.1) is 0 Å². The molecular weight excluding hydrogens is 382 g/mol. The Morgan fingerprint density at radius 1 is 1.18 bits per heavy atom. The van der Waals surface area contributed by atoms with Gasteiger partial charge in [-0.05, 0) is 42.7 Å². The average Bonchev–Trinajstić information content (AvgIpc) is 3.23. The van der Waals surface area contributed by atoms with Gasteiger partial charge in [0.2, 0.25) is 15.9 Å². The quantitative estimate of drug-likeness (QED) is 0.751. The summed E-state index contributed by atoms with van der Waals surface area (Å²) in [4.78, 5) is 16.7. The summed E-state index contributed by atoms with van der Waals surface area (Å²) in [5.74, 6) is 0.453. The lowest BCUT2D eigenvalue weighted by Gasteiger charge is -2.24. The Hall–Kier alpha value is -2.65. The summed E-state index contributed by atoms with van der Waals surface area (Å²) in [5, 5.41) is 2.82. The van der Waals surface area contributed by atoms with E-state index in [-0.39, 0.29) is 10.8 Å². The molecule has 28 heavy (non-hydrogen) atoms. The Labute approximate surface area is 164 Å². The monoisotopic (exact) mass is 405 g/mol. The molecule has 2 aromatic rings. The van der Waals surface area contributed by atoms with Crippen molar-refractivity contribution in [2.45, 2.75) is 30.3 Å². The molecule has 0 radical (unpaired) electrons. The fourth-order valence-electron chi connectivity index (χ4n) is 3.21. The molecule has 3 rings (SSSR count). The van der Waals surface area contributed by atoms with Gasteiger partial charge in [-0.25, -0.2) is 8.42 Å². The van der Waals surface area contributed by atoms with Crippen LogP contribution in [0, 0.1) is 0 Å². The number of benzene rings is 1. The molecule has 1 aliphatic rings. The summed E-state index contributed by atoms with van der Waals surface area (Å²) >= 11 is 0. The number of carbonyl (C=O) groups is 1. The third kappa shape index (κ3) is 4.10. The van der Waals surface area contributed by atoms with Crippen LogP contribution in [0.3, 0.4) is 0 Å². The average molecular weight is 405 g/mol. The van der Waals surface area contributed by atoms with Crippen LogP contribution in [0.4, 0.5) is 0 Å². The molecule has 1 atom stereocenters. The van der Waals surface area contributed by atoms with Gasteiger partial charge < -0.3 is 14.8 Å². The predicted octanol–water partition coefficient (Wildman–Crippen LogP) is 1.57. The molecule has 0 bridgehead atoms. The molecule has 1 saturated heterocycles. The number of carbonyl (C=O) groups excluding carboxylic acids is 1. The minimum atomic E-state index is -3.85. The van der Waals surface area contributed by atoms with Gasteiger partial charge in [0.15, 0.2) is 11.5 Å². The maximum Gasteiger partial charge on any atom is 0.243 e. The van der Waals surface area contributed by atoms with Crippen molar-refractivity contribution in [3.8, 4) is 11.5 Å². The minimum absolute atomic E-state index is 0.0685. The van der Waals surface area contributed by atoms with E-state index < -0.39 is 16.1 Å². The first kappa shape index (κ1) is 20.1. The largest absolute Gasteiger partial charge is 0.493 e. The van der Waals surface area contributed by atoms with Gasteiger partial charge >= 0.3 is 0 Å². The number of aromatic nitrogens is 1. The van der Waals surface area contributed by atoms with E-state index >= 15 is 0 Å². The Bertz CT molecular complexity index is 934. The van der Waals surface area contributed by atoms with Crippen LogP contribution in [0.2, 0.25) is 0 Å². The van der Waals surface area contributed by atoms with Crippen molar-refractivity contribution >= 4 is 15.9 Å². The van der Waals surface area contributed by atoms with Gasteiger partial charge in [0, 0.05) is 31.5 Å². The Morgan fingerprint density at radius 3 is 2.57 bits per heavy atom. The topological polar surface area (TPSA) is 97.8 Å². The van der Waals surface area contributed by atoms with Gasteiger partial charge in [0.25, 0.3) is 0 Å². The Balaban J connectivity index is 1.78. The molecular formula is C19H23N3O5S. The maximum absolute atomic E-state index is 13.1. The minimum Gasteiger partial charge on any atom is -0.493 e. The number of hydrogen-bond donors (Lipinski definition) is 1. The first-order chi connectivity index (χ1) is 13.5. The number of hydrogen-bond acceptors (Lipinski definition) is 6. The Morgan fingerprint density at radius 2 is 1.89 bits per heavy atom. The first-order valence-electron chi connectivity index (χ1n) is 8.88. The molecule has 0 aliphatic carbocycles. The highest BCUT2D eigenvalue weighted by atomic mass is 32.2. The number of amides is 1. The predicted molar refractivity (Wildman–Crippen MR) is 103 cm³/mol. The van der Waals surface area contributed by atoms with Crippen molar-refractivity contribution in [1.29, 1.82) is 0 Å². The van der Waals surface area contributed by atoms with Crippen LogP contribution in [0.1, 0.15) is 18.4 Å². The van der Waals surface area contributed by atoms with Gasteiger partial charge in [-0.1, -0.05) is 0 Å². The second kappa shape index (κ2) is 8.57. The highest BCUT2D eigenvalue weighted by molar-refractivity contribution is 7.89. The highest BCUT2D eigenvalue weighted by Gasteiger charge is 2.39. The summed E-state index contributed by atoms with van der Waals surface area (Å²) in [6.45, 7) is 0.617. The molecule has 0 spiro atoms. The smallest absolute Gasteiger partial charge is 0.243 e. The normalized spacial score (nSPS) is 17.3. The van der Waals surface area contributed by atoms with Crippen molar-refractivity contribution < 1.29 is 22.7 Å². The third-order valence-electron chi connectivity index (χ3n) is 4.68. The molecule has 1 aromatic heterocycles. The SMILES string of the molecule is COc1ccc(S(=O)(=O)N2CCCC2C(=O)NCc2ccncc2)cc1OC. The lowest BCUT2D eigenvalue weighted by Crippen LogP contribution is -2.45. The fraction of sp³-hybridized carbons (Fsp3) is 0.368. The number of methoxy groups -OCH3 is 2. The van der Waals surface area contributed by atoms with E-state index in [0.717, 1.165) is 5.56 Å². The molecule has 1 N–H and O–H groups in total. The second-order valence-electron chi connectivity index (χ2n) is 6.36. The van der Waals surface area contributed by atoms with Gasteiger partial charge in [0.05, 0.1) is 19.1 Å². The molecule has 2 heterocycles. The number of ether oxygens (including phenoxy) is 2. The molecule has 1 amide bonds. The molecule has 1 aliphatic heterocycles. The van der Waals surface area contributed by atoms with E-state index in [1.165, 1.54) is 30.7 Å². The third-order valence-corrected chi connectivity index (χ3v) is 6.59. The van der Waals surface area contributed by atoms with Crippen LogP contribution in [-0.2, 0) is 21.4 Å². The number of pyridine rings is 1. The van der Waals surface area contributed by atoms with Crippen molar-refractivity contribution in [3.05, 3.63) is 48.3 Å². The van der Waals surface area contributed by atoms with Crippen molar-refractivity contribution in [1.82, 2.24) is 14.6 Å². The summed E-state index contributed by atoms with van der Waals surface area (Å²) in [7, 11) is -0.921. The van der Waals surface area contributed by atoms with E-state index in [9.17, 15) is 13.2 Å². The number of sulfonamides is 1. The zero-order chi connectivity index (χ0) is 20.1. The maximum atomic E-state index is 13.1. The fourth-order valence-corrected chi connectivity index (χ4v) is 4.88. The van der Waals surface area contributed by atoms with Crippen LogP contribution >= 0.6 is 0 Å². The van der Waals surface area contributed by atoms with Crippen LogP contribution in [0.25, 0.3) is 0 Å². The molecule has 150 valence electrons. The van der Waals surface area contributed by atoms with E-state index in [1.807, 2.05) is 0 Å². The number of nitrogens with zero attached hydrogens (tertiary/aromatic N) is 2. The Kier molecular flexibility index (Phi) is 6.15. The zero-order valence-electron chi connectivity index (χ0n) is 15.8. The van der Waals surface area contributed by atoms with Crippen LogP contribution in [-0.4, -0.2) is 50.4 Å². The van der Waals surface area contributed by atoms with Gasteiger partial charge in [-0.3, -0.25) is 9.78 Å². The van der Waals surface area contributed by atoms with Gasteiger partial charge in [-0.2, -0.15) is 4.31 Å². The van der Waals surface area contributed by atoms with Crippen LogP contribution < -0.4 is 14.8 Å². The number of rotatable bonds is 7. The van der Waals surface area contributed by atoms with E-state index in [2.05, 4.69) is 10.3 Å². The molecule has 0 saturated carbocycles. The summed E-state index contributed by atoms with van der Waals surface area (Å²) in [6, 6.07) is 7.28. The summed E-state index contributed by atoms with van der Waals surface area (Å²) < 4.78 is 37.9.